The van der Waals surface area contributed by atoms with Crippen molar-refractivity contribution in [2.45, 2.75) is 111 Å². The van der Waals surface area contributed by atoms with Crippen molar-refractivity contribution in [3.05, 3.63) is 88.3 Å². The summed E-state index contributed by atoms with van der Waals surface area (Å²) in [5, 5.41) is 20.2. The molecule has 1 aliphatic rings. The Labute approximate surface area is 380 Å². The molecule has 0 bridgehead atoms. The van der Waals surface area contributed by atoms with Crippen LogP contribution in [0.15, 0.2) is 60.1 Å². The van der Waals surface area contributed by atoms with E-state index in [-0.39, 0.29) is 50.0 Å². The fourth-order valence-corrected chi connectivity index (χ4v) is 8.59. The second kappa shape index (κ2) is 20.4. The zero-order valence-corrected chi connectivity index (χ0v) is 38.5. The largest absolute Gasteiger partial charge is 0.493 e. The Morgan fingerprint density at radius 3 is 2.40 bits per heavy atom. The van der Waals surface area contributed by atoms with Crippen molar-refractivity contribution in [2.75, 3.05) is 31.3 Å². The highest BCUT2D eigenvalue weighted by Crippen LogP contribution is 2.37. The molecule has 0 unspecified atom stereocenters. The first-order valence-corrected chi connectivity index (χ1v) is 22.4. The normalized spacial score (nSPS) is 16.3. The molecular weight excluding hydrogens is 862 g/mol. The number of aromatic nitrogens is 3. The molecule has 1 saturated heterocycles. The number of β-amino-alcohol motifs (C(OH)–C–C–N with tert-alkyl or cyclic N) is 1. The number of thiazole rings is 1. The van der Waals surface area contributed by atoms with E-state index < -0.39 is 47.3 Å². The number of hydrogen-bond donors (Lipinski definition) is 5. The van der Waals surface area contributed by atoms with Gasteiger partial charge in [0.1, 0.15) is 23.7 Å². The fraction of sp³-hybridized carbons (Fsp3) is 0.447. The van der Waals surface area contributed by atoms with E-state index in [1.807, 2.05) is 52.0 Å². The van der Waals surface area contributed by atoms with E-state index in [0.717, 1.165) is 33.8 Å². The van der Waals surface area contributed by atoms with E-state index in [4.69, 9.17) is 15.2 Å². The molecule has 1 aliphatic heterocycles. The first-order chi connectivity index (χ1) is 30.7. The molecule has 0 saturated carbocycles. The number of rotatable bonds is 17. The molecule has 3 heterocycles. The zero-order chi connectivity index (χ0) is 47.2. The lowest BCUT2D eigenvalue weighted by atomic mass is 9.85. The number of aliphatic hydroxyl groups excluding tert-OH is 1. The van der Waals surface area contributed by atoms with Crippen LogP contribution in [0.2, 0.25) is 0 Å². The van der Waals surface area contributed by atoms with Gasteiger partial charge in [0.15, 0.2) is 11.5 Å². The van der Waals surface area contributed by atoms with Crippen LogP contribution in [-0.2, 0) is 27.1 Å². The summed E-state index contributed by atoms with van der Waals surface area (Å²) in [6.45, 7) is 11.4. The lowest BCUT2D eigenvalue weighted by Gasteiger charge is -2.35. The van der Waals surface area contributed by atoms with Crippen molar-refractivity contribution in [2.24, 2.45) is 5.41 Å². The number of likely N-dealkylation sites (tertiary alicyclic amines) is 1. The van der Waals surface area contributed by atoms with Gasteiger partial charge >= 0.3 is 6.18 Å². The van der Waals surface area contributed by atoms with E-state index in [0.29, 0.717) is 58.9 Å². The van der Waals surface area contributed by atoms with E-state index in [9.17, 15) is 32.7 Å². The monoisotopic (exact) mass is 918 g/mol. The average molecular weight is 919 g/mol. The molecule has 6 rings (SSSR count). The van der Waals surface area contributed by atoms with Crippen molar-refractivity contribution >= 4 is 51.5 Å². The van der Waals surface area contributed by atoms with Gasteiger partial charge in [-0.25, -0.2) is 15.0 Å². The molecule has 65 heavy (non-hydrogen) atoms. The number of benzene rings is 3. The van der Waals surface area contributed by atoms with Crippen molar-refractivity contribution in [1.29, 1.82) is 0 Å². The number of ether oxygens (including phenoxy) is 2. The third-order valence-corrected chi connectivity index (χ3v) is 12.2. The minimum absolute atomic E-state index is 0.00914. The van der Waals surface area contributed by atoms with Gasteiger partial charge in [-0.2, -0.15) is 13.2 Å². The van der Waals surface area contributed by atoms with Gasteiger partial charge in [0.2, 0.25) is 17.7 Å². The lowest BCUT2D eigenvalue weighted by Crippen LogP contribution is -2.57. The van der Waals surface area contributed by atoms with Gasteiger partial charge in [-0.15, -0.1) is 11.3 Å². The van der Waals surface area contributed by atoms with Crippen LogP contribution in [-0.4, -0.2) is 81.1 Å². The summed E-state index contributed by atoms with van der Waals surface area (Å²) in [7, 11) is 1.50. The standard InChI is InChI=1S/C47H57F3N8O6S/c1-26(31-17-32(47(48,49)50)19-33(51)18-31)54-43-35-21-39(38(63-7)22-36(35)55-28(3)56-43)64-16-10-8-9-11-40(60)57-42(46(4,5)6)45(62)58-24-34(59)20-37(58)44(61)52-23-29-12-14-30(15-13-29)41-27(2)53-25-65-41/h12-15,17-19,21-22,25-26,34,37,42,59H,8-11,16,20,23-24,51H2,1-7H3,(H,52,61)(H,57,60)(H,54,55,56)/t26-,34-,37+,42-/m1/s1. The summed E-state index contributed by atoms with van der Waals surface area (Å²) in [5.41, 5.74) is 9.82. The predicted octanol–water partition coefficient (Wildman–Crippen LogP) is 7.90. The summed E-state index contributed by atoms with van der Waals surface area (Å²) < 4.78 is 52.4. The molecule has 348 valence electrons. The van der Waals surface area contributed by atoms with Gasteiger partial charge in [-0.3, -0.25) is 14.4 Å². The summed E-state index contributed by atoms with van der Waals surface area (Å²) in [6, 6.07) is 12.2. The third-order valence-electron chi connectivity index (χ3n) is 11.3. The van der Waals surface area contributed by atoms with Crippen molar-refractivity contribution in [1.82, 2.24) is 30.5 Å². The number of nitrogens with one attached hydrogen (secondary N) is 3. The highest BCUT2D eigenvalue weighted by atomic mass is 32.1. The average Bonchev–Trinajstić information content (AvgIpc) is 3.86. The van der Waals surface area contributed by atoms with Gasteiger partial charge in [0.05, 0.1) is 53.0 Å². The van der Waals surface area contributed by atoms with E-state index >= 15 is 0 Å². The number of unbranched alkanes of at least 4 members (excludes halogenated alkanes) is 2. The van der Waals surface area contributed by atoms with Crippen LogP contribution in [0.3, 0.4) is 0 Å². The number of aryl methyl sites for hydroxylation is 2. The van der Waals surface area contributed by atoms with Gasteiger partial charge in [0, 0.05) is 43.1 Å². The SMILES string of the molecule is COc1cc2nc(C)nc(N[C@H](C)c3cc(N)cc(C(F)(F)F)c3)c2cc1OCCCCCC(=O)N[C@H](C(=O)N1C[C@H](O)C[C@H]1C(=O)NCc1ccc(-c2scnc2C)cc1)C(C)(C)C. The van der Waals surface area contributed by atoms with Gasteiger partial charge < -0.3 is 41.2 Å². The molecule has 6 N–H and O–H groups in total. The molecule has 5 aromatic rings. The second-order valence-corrected chi connectivity index (χ2v) is 18.3. The van der Waals surface area contributed by atoms with Crippen LogP contribution >= 0.6 is 11.3 Å². The zero-order valence-electron chi connectivity index (χ0n) is 37.6. The molecule has 14 nitrogen and oxygen atoms in total. The van der Waals surface area contributed by atoms with Gasteiger partial charge in [-0.05, 0) is 86.4 Å². The van der Waals surface area contributed by atoms with Crippen LogP contribution in [0.25, 0.3) is 21.3 Å². The number of fused-ring (bicyclic) bond motifs is 1. The second-order valence-electron chi connectivity index (χ2n) is 17.5. The highest BCUT2D eigenvalue weighted by molar-refractivity contribution is 7.13. The number of amides is 3. The number of hydrogen-bond acceptors (Lipinski definition) is 12. The topological polar surface area (TPSA) is 194 Å². The van der Waals surface area contributed by atoms with Crippen molar-refractivity contribution in [3.63, 3.8) is 0 Å². The van der Waals surface area contributed by atoms with Gasteiger partial charge in [0.25, 0.3) is 0 Å². The maximum Gasteiger partial charge on any atom is 0.416 e. The van der Waals surface area contributed by atoms with Crippen LogP contribution in [0.5, 0.6) is 11.5 Å². The van der Waals surface area contributed by atoms with Crippen molar-refractivity contribution in [3.8, 4) is 21.9 Å². The molecular formula is C47H57F3N8O6S. The maximum atomic E-state index is 14.1. The Bertz CT molecular complexity index is 2490. The maximum absolute atomic E-state index is 14.1. The quantitative estimate of drug-likeness (QED) is 0.0450. The number of nitrogens with zero attached hydrogens (tertiary/aromatic N) is 4. The lowest BCUT2D eigenvalue weighted by molar-refractivity contribution is -0.144. The number of anilines is 2. The number of aliphatic hydroxyl groups is 1. The number of nitrogen functional groups attached to an aromatic ring is 1. The van der Waals surface area contributed by atoms with E-state index in [1.165, 1.54) is 18.1 Å². The molecule has 2 aromatic heterocycles. The molecule has 3 amide bonds. The Morgan fingerprint density at radius 1 is 1.00 bits per heavy atom. The highest BCUT2D eigenvalue weighted by Gasteiger charge is 2.44. The first-order valence-electron chi connectivity index (χ1n) is 21.5. The Kier molecular flexibility index (Phi) is 15.2. The van der Waals surface area contributed by atoms with Crippen molar-refractivity contribution < 1.29 is 42.1 Å². The molecule has 3 aromatic carbocycles. The number of alkyl halides is 3. The summed E-state index contributed by atoms with van der Waals surface area (Å²) >= 11 is 1.56. The fourth-order valence-electron chi connectivity index (χ4n) is 7.77. The summed E-state index contributed by atoms with van der Waals surface area (Å²) in [4.78, 5) is 56.7. The minimum Gasteiger partial charge on any atom is -0.493 e. The molecule has 0 spiro atoms. The molecule has 1 fully saturated rings. The Hall–Kier alpha value is -6.01. The van der Waals surface area contributed by atoms with Crippen LogP contribution in [0, 0.1) is 19.3 Å². The number of methoxy groups -OCH3 is 1. The third kappa shape index (κ3) is 12.2. The summed E-state index contributed by atoms with van der Waals surface area (Å²) in [5.74, 6) is 0.536. The first kappa shape index (κ1) is 48.4. The van der Waals surface area contributed by atoms with Crippen LogP contribution < -0.4 is 31.2 Å². The van der Waals surface area contributed by atoms with Gasteiger partial charge in [-0.1, -0.05) is 45.0 Å². The number of carbonyl (C=O) groups is 3. The molecule has 0 aliphatic carbocycles. The smallest absolute Gasteiger partial charge is 0.416 e. The van der Waals surface area contributed by atoms with Crippen LogP contribution in [0.4, 0.5) is 24.7 Å². The Morgan fingerprint density at radius 2 is 1.74 bits per heavy atom. The number of halogens is 3. The van der Waals surface area contributed by atoms with Crippen LogP contribution in [0.1, 0.15) is 94.0 Å². The predicted molar refractivity (Wildman–Crippen MR) is 244 cm³/mol. The Balaban J connectivity index is 1.01. The number of nitrogens with two attached hydrogens (primary N) is 1. The van der Waals surface area contributed by atoms with E-state index in [2.05, 4.69) is 30.9 Å². The molecule has 0 radical (unpaired) electrons. The molecule has 18 heteroatoms. The summed E-state index contributed by atoms with van der Waals surface area (Å²) in [6.07, 6.45) is -3.50. The molecule has 4 atom stereocenters. The number of carbonyl (C=O) groups excluding carboxylic acids is 3. The minimum atomic E-state index is -4.56. The van der Waals surface area contributed by atoms with E-state index in [1.54, 1.807) is 42.8 Å².